The van der Waals surface area contributed by atoms with Crippen LogP contribution in [0.3, 0.4) is 0 Å². The minimum atomic E-state index is -0.257. The fraction of sp³-hybridized carbons (Fsp3) is 0.167. The van der Waals surface area contributed by atoms with Crippen molar-refractivity contribution in [1.82, 2.24) is 10.3 Å². The summed E-state index contributed by atoms with van der Waals surface area (Å²) in [6.45, 7) is 0.821. The molecule has 5 heteroatoms. The highest BCUT2D eigenvalue weighted by Gasteiger charge is 2.09. The minimum absolute atomic E-state index is 0.257. The first kappa shape index (κ1) is 11.3. The Morgan fingerprint density at radius 3 is 2.88 bits per heavy atom. The van der Waals surface area contributed by atoms with Gasteiger partial charge in [-0.15, -0.1) is 0 Å². The molecule has 5 N–H and O–H groups in total. The Morgan fingerprint density at radius 2 is 2.12 bits per heavy atom. The van der Waals surface area contributed by atoms with Crippen molar-refractivity contribution in [3.8, 4) is 0 Å². The molecule has 0 saturated carbocycles. The molecule has 0 unspecified atom stereocenters. The van der Waals surface area contributed by atoms with Crippen LogP contribution >= 0.6 is 0 Å². The topological polar surface area (TPSA) is 94.0 Å². The van der Waals surface area contributed by atoms with E-state index in [2.05, 4.69) is 10.3 Å². The second-order valence-electron chi connectivity index (χ2n) is 3.66. The number of benzene rings is 1. The maximum atomic E-state index is 11.7. The van der Waals surface area contributed by atoms with E-state index in [1.54, 1.807) is 6.07 Å². The van der Waals surface area contributed by atoms with Crippen molar-refractivity contribution in [2.24, 2.45) is 5.73 Å². The van der Waals surface area contributed by atoms with Crippen molar-refractivity contribution >= 4 is 22.5 Å². The summed E-state index contributed by atoms with van der Waals surface area (Å²) < 4.78 is 0. The van der Waals surface area contributed by atoms with Gasteiger partial charge in [0.2, 0.25) is 0 Å². The van der Waals surface area contributed by atoms with Gasteiger partial charge in [0.05, 0.1) is 5.52 Å². The number of amides is 1. The number of nitrogen functional groups attached to an aromatic ring is 1. The van der Waals surface area contributed by atoms with Gasteiger partial charge in [0.25, 0.3) is 5.91 Å². The van der Waals surface area contributed by atoms with Crippen LogP contribution in [0.5, 0.6) is 0 Å². The number of aromatic nitrogens is 1. The molecule has 0 bridgehead atoms. The smallest absolute Gasteiger partial charge is 0.270 e. The Bertz CT molecular complexity index is 553. The van der Waals surface area contributed by atoms with Crippen LogP contribution in [-0.4, -0.2) is 24.0 Å². The Kier molecular flexibility index (Phi) is 3.20. The van der Waals surface area contributed by atoms with Gasteiger partial charge in [-0.1, -0.05) is 18.2 Å². The number of rotatable bonds is 3. The number of carbonyl (C=O) groups is 1. The number of hydrogen-bond donors (Lipinski definition) is 3. The van der Waals surface area contributed by atoms with E-state index in [4.69, 9.17) is 11.5 Å². The molecule has 0 atom stereocenters. The molecule has 88 valence electrons. The summed E-state index contributed by atoms with van der Waals surface area (Å²) >= 11 is 0. The second-order valence-corrected chi connectivity index (χ2v) is 3.66. The molecule has 1 amide bonds. The lowest BCUT2D eigenvalue weighted by Crippen LogP contribution is -2.29. The summed E-state index contributed by atoms with van der Waals surface area (Å²) in [5.74, 6) is -0.257. The van der Waals surface area contributed by atoms with Gasteiger partial charge >= 0.3 is 0 Å². The molecule has 17 heavy (non-hydrogen) atoms. The molecule has 0 saturated heterocycles. The molecule has 1 aromatic carbocycles. The number of nitrogens with one attached hydrogen (secondary N) is 1. The minimum Gasteiger partial charge on any atom is -0.398 e. The van der Waals surface area contributed by atoms with Gasteiger partial charge in [0, 0.05) is 24.2 Å². The molecule has 0 fully saturated rings. The van der Waals surface area contributed by atoms with E-state index in [0.717, 1.165) is 5.39 Å². The molecule has 0 spiro atoms. The summed E-state index contributed by atoms with van der Waals surface area (Å²) in [4.78, 5) is 16.0. The van der Waals surface area contributed by atoms with Gasteiger partial charge in [0.1, 0.15) is 5.69 Å². The zero-order valence-electron chi connectivity index (χ0n) is 9.31. The lowest BCUT2D eigenvalue weighted by Gasteiger charge is -2.06. The third-order valence-corrected chi connectivity index (χ3v) is 2.41. The van der Waals surface area contributed by atoms with Crippen molar-refractivity contribution in [1.29, 1.82) is 0 Å². The maximum absolute atomic E-state index is 11.7. The van der Waals surface area contributed by atoms with Crippen LogP contribution in [0.2, 0.25) is 0 Å². The predicted molar refractivity (Wildman–Crippen MR) is 67.5 cm³/mol. The van der Waals surface area contributed by atoms with Gasteiger partial charge in [-0.3, -0.25) is 4.79 Å². The van der Waals surface area contributed by atoms with Crippen molar-refractivity contribution in [2.75, 3.05) is 18.8 Å². The van der Waals surface area contributed by atoms with Gasteiger partial charge in [-0.2, -0.15) is 0 Å². The monoisotopic (exact) mass is 230 g/mol. The van der Waals surface area contributed by atoms with E-state index in [-0.39, 0.29) is 5.91 Å². The summed E-state index contributed by atoms with van der Waals surface area (Å²) in [6.07, 6.45) is 0. The molecule has 1 heterocycles. The third-order valence-electron chi connectivity index (χ3n) is 2.41. The average molecular weight is 230 g/mol. The highest BCUT2D eigenvalue weighted by Crippen LogP contribution is 2.19. The predicted octanol–water partition coefficient (Wildman–Crippen LogP) is 0.505. The molecule has 0 aliphatic carbocycles. The van der Waals surface area contributed by atoms with Gasteiger partial charge < -0.3 is 16.8 Å². The number of hydrogen-bond acceptors (Lipinski definition) is 4. The number of nitrogens with zero attached hydrogens (tertiary/aromatic N) is 1. The molecule has 2 aromatic rings. The first-order chi connectivity index (χ1) is 8.22. The summed E-state index contributed by atoms with van der Waals surface area (Å²) in [7, 11) is 0. The molecular formula is C12H14N4O. The van der Waals surface area contributed by atoms with Crippen molar-refractivity contribution in [2.45, 2.75) is 0 Å². The molecule has 1 aromatic heterocycles. The van der Waals surface area contributed by atoms with E-state index in [9.17, 15) is 4.79 Å². The fourth-order valence-electron chi connectivity index (χ4n) is 1.59. The molecular weight excluding hydrogens is 216 g/mol. The second kappa shape index (κ2) is 4.80. The number of pyridine rings is 1. The van der Waals surface area contributed by atoms with E-state index in [1.807, 2.05) is 24.3 Å². The first-order valence-electron chi connectivity index (χ1n) is 5.36. The lowest BCUT2D eigenvalue weighted by molar-refractivity contribution is 0.0950. The number of nitrogens with two attached hydrogens (primary N) is 2. The Labute approximate surface area is 98.8 Å². The molecule has 0 aliphatic rings. The maximum Gasteiger partial charge on any atom is 0.270 e. The van der Waals surface area contributed by atoms with Crippen LogP contribution in [-0.2, 0) is 0 Å². The van der Waals surface area contributed by atoms with Gasteiger partial charge in [0.15, 0.2) is 0 Å². The largest absolute Gasteiger partial charge is 0.398 e. The van der Waals surface area contributed by atoms with E-state index in [0.29, 0.717) is 30.0 Å². The van der Waals surface area contributed by atoms with Crippen molar-refractivity contribution in [3.05, 3.63) is 36.0 Å². The van der Waals surface area contributed by atoms with Crippen LogP contribution in [0.15, 0.2) is 30.3 Å². The average Bonchev–Trinajstić information content (AvgIpc) is 2.36. The number of anilines is 1. The fourth-order valence-corrected chi connectivity index (χ4v) is 1.59. The molecule has 0 radical (unpaired) electrons. The quantitative estimate of drug-likeness (QED) is 0.716. The number of para-hydroxylation sites is 1. The normalized spacial score (nSPS) is 10.4. The Hall–Kier alpha value is -2.14. The van der Waals surface area contributed by atoms with Crippen LogP contribution < -0.4 is 16.8 Å². The molecule has 5 nitrogen and oxygen atoms in total. The number of carbonyl (C=O) groups excluding carboxylic acids is 1. The first-order valence-corrected chi connectivity index (χ1v) is 5.36. The summed E-state index contributed by atoms with van der Waals surface area (Å²) in [6, 6.07) is 9.02. The summed E-state index contributed by atoms with van der Waals surface area (Å²) in [5, 5.41) is 3.51. The SMILES string of the molecule is NCCNC(=O)c1cc(N)c2ccccc2n1. The van der Waals surface area contributed by atoms with E-state index >= 15 is 0 Å². The standard InChI is InChI=1S/C12H14N4O/c13-5-6-15-12(17)11-7-9(14)8-3-1-2-4-10(8)16-11/h1-4,7H,5-6,13H2,(H2,14,16)(H,15,17). The van der Waals surface area contributed by atoms with Crippen molar-refractivity contribution in [3.63, 3.8) is 0 Å². The summed E-state index contributed by atoms with van der Waals surface area (Å²) in [5.41, 5.74) is 12.8. The van der Waals surface area contributed by atoms with Crippen LogP contribution in [0.4, 0.5) is 5.69 Å². The van der Waals surface area contributed by atoms with Crippen molar-refractivity contribution < 1.29 is 4.79 Å². The molecule has 2 rings (SSSR count). The van der Waals surface area contributed by atoms with E-state index in [1.165, 1.54) is 0 Å². The zero-order chi connectivity index (χ0) is 12.3. The third kappa shape index (κ3) is 2.34. The highest BCUT2D eigenvalue weighted by molar-refractivity contribution is 5.99. The number of fused-ring (bicyclic) bond motifs is 1. The van der Waals surface area contributed by atoms with Gasteiger partial charge in [-0.05, 0) is 12.1 Å². The zero-order valence-corrected chi connectivity index (χ0v) is 9.31. The van der Waals surface area contributed by atoms with Crippen LogP contribution in [0.25, 0.3) is 10.9 Å². The van der Waals surface area contributed by atoms with Crippen LogP contribution in [0, 0.1) is 0 Å². The van der Waals surface area contributed by atoms with E-state index < -0.39 is 0 Å². The Morgan fingerprint density at radius 1 is 1.35 bits per heavy atom. The highest BCUT2D eigenvalue weighted by atomic mass is 16.1. The van der Waals surface area contributed by atoms with Crippen LogP contribution in [0.1, 0.15) is 10.5 Å². The Balaban J connectivity index is 2.39. The lowest BCUT2D eigenvalue weighted by atomic mass is 10.1. The van der Waals surface area contributed by atoms with Gasteiger partial charge in [-0.25, -0.2) is 4.98 Å². The molecule has 0 aliphatic heterocycles.